The van der Waals surface area contributed by atoms with E-state index in [0.717, 1.165) is 17.6 Å². The average Bonchev–Trinajstić information content (AvgIpc) is 3.00. The van der Waals surface area contributed by atoms with Crippen LogP contribution in [0.3, 0.4) is 0 Å². The Bertz CT molecular complexity index is 954. The van der Waals surface area contributed by atoms with E-state index in [1.807, 2.05) is 45.9 Å². The fourth-order valence-electron chi connectivity index (χ4n) is 8.14. The number of fused-ring (bicyclic) bond motifs is 5. The van der Waals surface area contributed by atoms with Gasteiger partial charge in [-0.2, -0.15) is 0 Å². The van der Waals surface area contributed by atoms with E-state index < -0.39 is 58.4 Å². The molecule has 0 unspecified atom stereocenters. The van der Waals surface area contributed by atoms with E-state index in [2.05, 4.69) is 6.58 Å². The van der Waals surface area contributed by atoms with Gasteiger partial charge in [0.05, 0.1) is 6.10 Å². The normalized spacial score (nSPS) is 45.1. The van der Waals surface area contributed by atoms with Crippen molar-refractivity contribution in [2.75, 3.05) is 6.61 Å². The Labute approximate surface area is 202 Å². The molecule has 0 aromatic carbocycles. The van der Waals surface area contributed by atoms with E-state index >= 15 is 4.39 Å². The van der Waals surface area contributed by atoms with E-state index in [9.17, 15) is 19.8 Å². The quantitative estimate of drug-likeness (QED) is 0.549. The van der Waals surface area contributed by atoms with E-state index in [1.165, 1.54) is 0 Å². The number of carbonyl (C=O) groups excluding carboxylic acids is 2. The number of aliphatic hydroxyl groups excluding tert-OH is 2. The summed E-state index contributed by atoms with van der Waals surface area (Å²) in [6.45, 7) is 10.8. The molecule has 0 spiro atoms. The minimum atomic E-state index is -1.91. The van der Waals surface area contributed by atoms with Crippen LogP contribution < -0.4 is 0 Å². The standard InChI is InChI=1S/C28H39FO5/c1-6-7-8-24(33)34-28(23(32)16-30)18(3)14-21-20-10-9-19-13-17(2)11-12-25(19,4)27(20,29)22(31)15-26(21,28)5/h11-13,18,20-22,30-31H,2,6-10,14-16H2,1,3-5H3/t18-,20-,21-,22-,25-,26-,27-,28-/m0/s1. The van der Waals surface area contributed by atoms with Crippen LogP contribution in [0.2, 0.25) is 0 Å². The Morgan fingerprint density at radius 2 is 2.00 bits per heavy atom. The lowest BCUT2D eigenvalue weighted by atomic mass is 9.44. The van der Waals surface area contributed by atoms with Gasteiger partial charge in [0, 0.05) is 29.1 Å². The minimum Gasteiger partial charge on any atom is -0.450 e. The monoisotopic (exact) mass is 474 g/mol. The number of unbranched alkanes of at least 4 members (excludes halogenated alkanes) is 1. The van der Waals surface area contributed by atoms with Crippen LogP contribution in [-0.2, 0) is 14.3 Å². The third-order valence-electron chi connectivity index (χ3n) is 9.84. The largest absolute Gasteiger partial charge is 0.450 e. The van der Waals surface area contributed by atoms with Gasteiger partial charge in [-0.15, -0.1) is 0 Å². The van der Waals surface area contributed by atoms with Crippen LogP contribution in [0.25, 0.3) is 0 Å². The van der Waals surface area contributed by atoms with Crippen molar-refractivity contribution in [2.24, 2.45) is 28.6 Å². The minimum absolute atomic E-state index is 0.0144. The first-order chi connectivity index (χ1) is 15.9. The molecule has 4 aliphatic carbocycles. The molecule has 8 atom stereocenters. The van der Waals surface area contributed by atoms with Crippen LogP contribution in [0.15, 0.2) is 36.0 Å². The van der Waals surface area contributed by atoms with Gasteiger partial charge in [0.25, 0.3) is 0 Å². The van der Waals surface area contributed by atoms with Crippen LogP contribution in [0, 0.1) is 28.6 Å². The third kappa shape index (κ3) is 3.10. The molecule has 34 heavy (non-hydrogen) atoms. The van der Waals surface area contributed by atoms with Gasteiger partial charge < -0.3 is 14.9 Å². The summed E-state index contributed by atoms with van der Waals surface area (Å²) in [5.41, 5.74) is -3.67. The Morgan fingerprint density at radius 3 is 2.65 bits per heavy atom. The van der Waals surface area contributed by atoms with Gasteiger partial charge in [-0.1, -0.05) is 57.6 Å². The molecule has 6 heteroatoms. The Hall–Kier alpha value is -1.79. The first-order valence-corrected chi connectivity index (χ1v) is 12.7. The highest BCUT2D eigenvalue weighted by Crippen LogP contribution is 2.71. The summed E-state index contributed by atoms with van der Waals surface area (Å²) in [7, 11) is 0. The molecule has 0 heterocycles. The fraction of sp³-hybridized carbons (Fsp3) is 0.714. The smallest absolute Gasteiger partial charge is 0.306 e. The average molecular weight is 475 g/mol. The first-order valence-electron chi connectivity index (χ1n) is 12.7. The number of halogens is 1. The van der Waals surface area contributed by atoms with Gasteiger partial charge in [-0.05, 0) is 50.5 Å². The topological polar surface area (TPSA) is 83.8 Å². The summed E-state index contributed by atoms with van der Waals surface area (Å²) < 4.78 is 23.4. The highest BCUT2D eigenvalue weighted by atomic mass is 19.1. The lowest BCUT2D eigenvalue weighted by Gasteiger charge is -2.63. The van der Waals surface area contributed by atoms with Gasteiger partial charge in [0.1, 0.15) is 6.61 Å². The van der Waals surface area contributed by atoms with Gasteiger partial charge in [-0.25, -0.2) is 4.39 Å². The molecule has 3 saturated carbocycles. The maximum absolute atomic E-state index is 17.3. The summed E-state index contributed by atoms with van der Waals surface area (Å²) >= 11 is 0. The molecule has 2 N–H and O–H groups in total. The van der Waals surface area contributed by atoms with E-state index in [4.69, 9.17) is 4.74 Å². The maximum Gasteiger partial charge on any atom is 0.306 e. The van der Waals surface area contributed by atoms with Gasteiger partial charge in [0.15, 0.2) is 11.3 Å². The van der Waals surface area contributed by atoms with Crippen LogP contribution in [0.4, 0.5) is 4.39 Å². The molecular formula is C28H39FO5. The second-order valence-electron chi connectivity index (χ2n) is 11.5. The van der Waals surface area contributed by atoms with Crippen LogP contribution >= 0.6 is 0 Å². The SMILES string of the molecule is C=C1C=C[C@@]2(C)C(=C1)CC[C@H]1[C@@H]3C[C@H](C)[C@](OC(=O)CCCC)(C(=O)CO)[C@@]3(C)C[C@H](O)[C@@]12F. The van der Waals surface area contributed by atoms with Crippen molar-refractivity contribution in [3.8, 4) is 0 Å². The third-order valence-corrected chi connectivity index (χ3v) is 9.84. The second-order valence-corrected chi connectivity index (χ2v) is 11.5. The molecule has 188 valence electrons. The number of carbonyl (C=O) groups is 2. The number of ketones is 1. The number of allylic oxidation sites excluding steroid dienone is 5. The molecule has 0 aliphatic heterocycles. The zero-order chi connectivity index (χ0) is 25.1. The molecule has 0 aromatic heterocycles. The highest BCUT2D eigenvalue weighted by Gasteiger charge is 2.77. The van der Waals surface area contributed by atoms with Crippen molar-refractivity contribution in [1.82, 2.24) is 0 Å². The maximum atomic E-state index is 17.3. The Kier molecular flexibility index (Phi) is 6.26. The molecule has 3 fully saturated rings. The van der Waals surface area contributed by atoms with Gasteiger partial charge >= 0.3 is 5.97 Å². The number of hydrogen-bond donors (Lipinski definition) is 2. The Morgan fingerprint density at radius 1 is 1.29 bits per heavy atom. The van der Waals surface area contributed by atoms with Crippen LogP contribution in [-0.4, -0.2) is 45.9 Å². The predicted molar refractivity (Wildman–Crippen MR) is 127 cm³/mol. The van der Waals surface area contributed by atoms with E-state index in [-0.39, 0.29) is 18.8 Å². The number of rotatable bonds is 6. The molecular weight excluding hydrogens is 435 g/mol. The summed E-state index contributed by atoms with van der Waals surface area (Å²) in [6, 6.07) is 0. The molecule has 4 rings (SSSR count). The molecule has 5 nitrogen and oxygen atoms in total. The zero-order valence-corrected chi connectivity index (χ0v) is 20.9. The number of aliphatic hydroxyl groups is 2. The van der Waals surface area contributed by atoms with Crippen LogP contribution in [0.1, 0.15) is 72.6 Å². The number of ether oxygens (including phenoxy) is 1. The molecule has 0 saturated heterocycles. The molecule has 0 amide bonds. The highest BCUT2D eigenvalue weighted by molar-refractivity contribution is 5.92. The molecule has 0 radical (unpaired) electrons. The van der Waals surface area contributed by atoms with Crippen molar-refractivity contribution in [1.29, 1.82) is 0 Å². The summed E-state index contributed by atoms with van der Waals surface area (Å²) in [6.07, 6.45) is 7.59. The van der Waals surface area contributed by atoms with Gasteiger partial charge in [0.2, 0.25) is 5.78 Å². The van der Waals surface area contributed by atoms with E-state index in [0.29, 0.717) is 25.7 Å². The van der Waals surface area contributed by atoms with Crippen molar-refractivity contribution in [3.05, 3.63) is 36.0 Å². The number of esters is 1. The molecule has 4 aliphatic rings. The van der Waals surface area contributed by atoms with Gasteiger partial charge in [-0.3, -0.25) is 9.59 Å². The summed E-state index contributed by atoms with van der Waals surface area (Å²) in [5, 5.41) is 21.5. The number of alkyl halides is 1. The van der Waals surface area contributed by atoms with Crippen molar-refractivity contribution in [2.45, 2.75) is 90.0 Å². The second kappa shape index (κ2) is 8.41. The summed E-state index contributed by atoms with van der Waals surface area (Å²) in [4.78, 5) is 26.2. The lowest BCUT2D eigenvalue weighted by molar-refractivity contribution is -0.228. The van der Waals surface area contributed by atoms with Crippen molar-refractivity contribution >= 4 is 11.8 Å². The first kappa shape index (κ1) is 25.3. The number of hydrogen-bond acceptors (Lipinski definition) is 5. The van der Waals surface area contributed by atoms with Crippen molar-refractivity contribution < 1.29 is 28.9 Å². The van der Waals surface area contributed by atoms with Crippen LogP contribution in [0.5, 0.6) is 0 Å². The summed E-state index contributed by atoms with van der Waals surface area (Å²) in [5.74, 6) is -2.20. The lowest BCUT2D eigenvalue weighted by Crippen LogP contribution is -2.70. The fourth-order valence-corrected chi connectivity index (χ4v) is 8.14. The molecule has 0 bridgehead atoms. The van der Waals surface area contributed by atoms with E-state index in [1.54, 1.807) is 0 Å². The zero-order valence-electron chi connectivity index (χ0n) is 20.9. The number of Topliss-reactive ketones (excluding diaryl/α,β-unsaturated/α-hetero) is 1. The Balaban J connectivity index is 1.80. The van der Waals surface area contributed by atoms with Crippen molar-refractivity contribution in [3.63, 3.8) is 0 Å². The predicted octanol–water partition coefficient (Wildman–Crippen LogP) is 4.62. The molecule has 0 aromatic rings.